The molecule has 1 saturated heterocycles. The maximum atomic E-state index is 11.8. The van der Waals surface area contributed by atoms with E-state index in [2.05, 4.69) is 15.5 Å². The van der Waals surface area contributed by atoms with E-state index in [1.165, 1.54) is 0 Å². The van der Waals surface area contributed by atoms with Crippen LogP contribution in [0.4, 0.5) is 0 Å². The third-order valence-corrected chi connectivity index (χ3v) is 3.19. The first-order valence-corrected chi connectivity index (χ1v) is 5.61. The quantitative estimate of drug-likeness (QED) is 0.674. The fraction of sp³-hybridized carbons (Fsp3) is 0.545. The lowest BCUT2D eigenvalue weighted by molar-refractivity contribution is -0.149. The van der Waals surface area contributed by atoms with Gasteiger partial charge in [-0.3, -0.25) is 14.7 Å². The van der Waals surface area contributed by atoms with Crippen molar-refractivity contribution in [2.75, 3.05) is 13.2 Å². The van der Waals surface area contributed by atoms with Gasteiger partial charge in [0.25, 0.3) is 0 Å². The Kier molecular flexibility index (Phi) is 3.33. The highest BCUT2D eigenvalue weighted by Crippen LogP contribution is 2.28. The Morgan fingerprint density at radius 3 is 3.11 bits per heavy atom. The molecule has 0 radical (unpaired) electrons. The van der Waals surface area contributed by atoms with Crippen molar-refractivity contribution in [3.63, 3.8) is 0 Å². The van der Waals surface area contributed by atoms with Crippen LogP contribution in [0.5, 0.6) is 0 Å². The summed E-state index contributed by atoms with van der Waals surface area (Å²) < 4.78 is 5.15. The number of carbonyl (C=O) groups is 2. The number of ether oxygens (including phenoxy) is 1. The minimum atomic E-state index is -1.07. The molecule has 2 unspecified atom stereocenters. The fourth-order valence-electron chi connectivity index (χ4n) is 1.89. The molecule has 2 heterocycles. The van der Waals surface area contributed by atoms with Gasteiger partial charge in [-0.1, -0.05) is 0 Å². The number of carboxylic acid groups (broad SMARTS) is 1. The summed E-state index contributed by atoms with van der Waals surface area (Å²) in [6.07, 6.45) is 1.70. The topological polar surface area (TPSA) is 104 Å². The van der Waals surface area contributed by atoms with Gasteiger partial charge in [-0.05, 0) is 13.0 Å². The van der Waals surface area contributed by atoms with Gasteiger partial charge >= 0.3 is 5.97 Å². The summed E-state index contributed by atoms with van der Waals surface area (Å²) in [4.78, 5) is 23.0. The Labute approximate surface area is 104 Å². The minimum absolute atomic E-state index is 0.108. The van der Waals surface area contributed by atoms with Crippen LogP contribution >= 0.6 is 0 Å². The summed E-state index contributed by atoms with van der Waals surface area (Å²) in [6.45, 7) is 1.90. The first-order valence-electron chi connectivity index (χ1n) is 5.61. The van der Waals surface area contributed by atoms with Crippen molar-refractivity contribution in [2.45, 2.75) is 19.4 Å². The molecular weight excluding hydrogens is 238 g/mol. The largest absolute Gasteiger partial charge is 0.481 e. The molecule has 2 atom stereocenters. The molecule has 1 aliphatic heterocycles. The van der Waals surface area contributed by atoms with E-state index in [0.717, 1.165) is 0 Å². The van der Waals surface area contributed by atoms with E-state index in [1.54, 1.807) is 19.2 Å². The zero-order valence-corrected chi connectivity index (χ0v) is 9.97. The van der Waals surface area contributed by atoms with Crippen LogP contribution in [0.1, 0.15) is 12.6 Å². The predicted molar refractivity (Wildman–Crippen MR) is 60.8 cm³/mol. The molecule has 0 aliphatic carbocycles. The maximum Gasteiger partial charge on any atom is 0.313 e. The standard InChI is InChI=1S/C11H15N3O4/c1-11(10(16)17)6-18-5-8(11)13-9(15)4-7-2-3-12-14-7/h2-3,8H,4-6H2,1H3,(H,12,14)(H,13,15)(H,16,17). The van der Waals surface area contributed by atoms with Gasteiger partial charge in [0.1, 0.15) is 5.41 Å². The Bertz CT molecular complexity index is 445. The first kappa shape index (κ1) is 12.6. The van der Waals surface area contributed by atoms with Crippen LogP contribution in [-0.2, 0) is 20.7 Å². The Hall–Kier alpha value is -1.89. The summed E-state index contributed by atoms with van der Waals surface area (Å²) >= 11 is 0. The van der Waals surface area contributed by atoms with Crippen LogP contribution in [0.3, 0.4) is 0 Å². The average molecular weight is 253 g/mol. The first-order chi connectivity index (χ1) is 8.52. The van der Waals surface area contributed by atoms with Gasteiger partial charge < -0.3 is 15.2 Å². The molecule has 1 aromatic heterocycles. The number of carboxylic acids is 1. The summed E-state index contributed by atoms with van der Waals surface area (Å²) in [5, 5.41) is 18.3. The monoisotopic (exact) mass is 253 g/mol. The molecule has 7 nitrogen and oxygen atoms in total. The molecule has 2 rings (SSSR count). The summed E-state index contributed by atoms with van der Waals surface area (Å²) in [5.41, 5.74) is -0.382. The van der Waals surface area contributed by atoms with E-state index in [4.69, 9.17) is 9.84 Å². The highest BCUT2D eigenvalue weighted by Gasteiger charge is 2.47. The molecule has 3 N–H and O–H groups in total. The van der Waals surface area contributed by atoms with E-state index < -0.39 is 17.4 Å². The van der Waals surface area contributed by atoms with Gasteiger partial charge in [-0.25, -0.2) is 0 Å². The van der Waals surface area contributed by atoms with Crippen molar-refractivity contribution in [1.29, 1.82) is 0 Å². The van der Waals surface area contributed by atoms with Crippen molar-refractivity contribution in [3.05, 3.63) is 18.0 Å². The molecule has 0 spiro atoms. The van der Waals surface area contributed by atoms with E-state index in [9.17, 15) is 9.59 Å². The van der Waals surface area contributed by atoms with Crippen LogP contribution < -0.4 is 5.32 Å². The van der Waals surface area contributed by atoms with Crippen molar-refractivity contribution >= 4 is 11.9 Å². The number of hydrogen-bond acceptors (Lipinski definition) is 4. The van der Waals surface area contributed by atoms with Crippen LogP contribution in [0.15, 0.2) is 12.3 Å². The van der Waals surface area contributed by atoms with E-state index in [0.29, 0.717) is 5.69 Å². The SMILES string of the molecule is CC1(C(=O)O)COCC1NC(=O)Cc1ccn[nH]1. The second-order valence-corrected chi connectivity index (χ2v) is 4.62. The molecule has 1 aromatic rings. The summed E-state index contributed by atoms with van der Waals surface area (Å²) in [7, 11) is 0. The lowest BCUT2D eigenvalue weighted by atomic mass is 9.85. The number of H-pyrrole nitrogens is 1. The zero-order valence-electron chi connectivity index (χ0n) is 9.97. The predicted octanol–water partition coefficient (Wildman–Crippen LogP) is -0.442. The zero-order chi connectivity index (χ0) is 13.2. The number of carbonyl (C=O) groups excluding carboxylic acids is 1. The van der Waals surface area contributed by atoms with Gasteiger partial charge in [-0.15, -0.1) is 0 Å². The highest BCUT2D eigenvalue weighted by molar-refractivity contribution is 5.81. The molecule has 0 aromatic carbocycles. The third-order valence-electron chi connectivity index (χ3n) is 3.19. The smallest absolute Gasteiger partial charge is 0.313 e. The third kappa shape index (κ3) is 2.35. The maximum absolute atomic E-state index is 11.8. The molecule has 1 amide bonds. The van der Waals surface area contributed by atoms with Crippen LogP contribution in [-0.4, -0.2) is 46.4 Å². The molecule has 7 heteroatoms. The van der Waals surface area contributed by atoms with E-state index >= 15 is 0 Å². The number of aromatic nitrogens is 2. The average Bonchev–Trinajstić information content (AvgIpc) is 2.90. The number of amides is 1. The Morgan fingerprint density at radius 1 is 1.72 bits per heavy atom. The van der Waals surface area contributed by atoms with E-state index in [-0.39, 0.29) is 25.5 Å². The number of hydrogen-bond donors (Lipinski definition) is 3. The van der Waals surface area contributed by atoms with Crippen LogP contribution in [0.25, 0.3) is 0 Å². The second-order valence-electron chi connectivity index (χ2n) is 4.62. The van der Waals surface area contributed by atoms with Crippen molar-refractivity contribution in [1.82, 2.24) is 15.5 Å². The number of aliphatic carboxylic acids is 1. The molecule has 98 valence electrons. The van der Waals surface area contributed by atoms with Gasteiger partial charge in [0.15, 0.2) is 0 Å². The number of rotatable bonds is 4. The van der Waals surface area contributed by atoms with Gasteiger partial charge in [0.2, 0.25) is 5.91 Å². The minimum Gasteiger partial charge on any atom is -0.481 e. The van der Waals surface area contributed by atoms with Crippen LogP contribution in [0, 0.1) is 5.41 Å². The fourth-order valence-corrected chi connectivity index (χ4v) is 1.89. The molecule has 0 saturated carbocycles. The van der Waals surface area contributed by atoms with Gasteiger partial charge in [-0.2, -0.15) is 5.10 Å². The van der Waals surface area contributed by atoms with E-state index in [1.807, 2.05) is 0 Å². The lowest BCUT2D eigenvalue weighted by Gasteiger charge is -2.25. The Morgan fingerprint density at radius 2 is 2.50 bits per heavy atom. The van der Waals surface area contributed by atoms with Crippen molar-refractivity contribution < 1.29 is 19.4 Å². The summed E-state index contributed by atoms with van der Waals surface area (Å²) in [5.74, 6) is -1.21. The molecular formula is C11H15N3O4. The van der Waals surface area contributed by atoms with Gasteiger partial charge in [0, 0.05) is 11.9 Å². The molecule has 0 bridgehead atoms. The number of nitrogens with zero attached hydrogens (tertiary/aromatic N) is 1. The summed E-state index contributed by atoms with van der Waals surface area (Å²) in [6, 6.07) is 1.19. The number of aromatic amines is 1. The van der Waals surface area contributed by atoms with Crippen LogP contribution in [0.2, 0.25) is 0 Å². The normalized spacial score (nSPS) is 27.1. The van der Waals surface area contributed by atoms with Crippen molar-refractivity contribution in [3.8, 4) is 0 Å². The number of nitrogens with one attached hydrogen (secondary N) is 2. The highest BCUT2D eigenvalue weighted by atomic mass is 16.5. The lowest BCUT2D eigenvalue weighted by Crippen LogP contribution is -2.50. The van der Waals surface area contributed by atoms with Crippen molar-refractivity contribution in [2.24, 2.45) is 5.41 Å². The van der Waals surface area contributed by atoms with Gasteiger partial charge in [0.05, 0.1) is 25.7 Å². The molecule has 18 heavy (non-hydrogen) atoms. The molecule has 1 aliphatic rings. The second kappa shape index (κ2) is 4.77. The molecule has 1 fully saturated rings. The Balaban J connectivity index is 1.96.